The molecule has 2 aliphatic heterocycles. The molecule has 1 fully saturated rings. The molecule has 1 amide bonds. The van der Waals surface area contributed by atoms with Crippen LogP contribution in [0.2, 0.25) is 0 Å². The molecule has 1 aliphatic carbocycles. The molecule has 5 rings (SSSR count). The first-order valence-corrected chi connectivity index (χ1v) is 8.67. The van der Waals surface area contributed by atoms with Crippen molar-refractivity contribution in [1.82, 2.24) is 10.6 Å². The van der Waals surface area contributed by atoms with Gasteiger partial charge in [-0.2, -0.15) is 0 Å². The summed E-state index contributed by atoms with van der Waals surface area (Å²) in [5, 5.41) is 6.46. The van der Waals surface area contributed by atoms with Crippen LogP contribution in [0.4, 0.5) is 0 Å². The summed E-state index contributed by atoms with van der Waals surface area (Å²) in [4.78, 5) is 11.9. The molecule has 2 N–H and O–H groups in total. The van der Waals surface area contributed by atoms with E-state index in [2.05, 4.69) is 34.9 Å². The first-order valence-electron chi connectivity index (χ1n) is 8.67. The van der Waals surface area contributed by atoms with E-state index in [4.69, 9.17) is 4.74 Å². The zero-order valence-electron chi connectivity index (χ0n) is 13.5. The summed E-state index contributed by atoms with van der Waals surface area (Å²) in [5.41, 5.74) is 5.39. The summed E-state index contributed by atoms with van der Waals surface area (Å²) in [6.07, 6.45) is 3.54. The van der Waals surface area contributed by atoms with Crippen LogP contribution in [0.1, 0.15) is 40.7 Å². The largest absolute Gasteiger partial charge is 0.486 e. The zero-order valence-corrected chi connectivity index (χ0v) is 13.5. The Kier molecular flexibility index (Phi) is 2.98. The molecular weight excluding hydrogens is 300 g/mol. The van der Waals surface area contributed by atoms with Crippen molar-refractivity contribution < 1.29 is 9.53 Å². The van der Waals surface area contributed by atoms with E-state index in [-0.39, 0.29) is 11.5 Å². The predicted octanol–water partition coefficient (Wildman–Crippen LogP) is 3.00. The maximum absolute atomic E-state index is 11.9. The topological polar surface area (TPSA) is 50.4 Å². The monoisotopic (exact) mass is 320 g/mol. The molecule has 0 aromatic heterocycles. The standard InChI is InChI=1S/C20H20N2O2/c23-19-16-4-1-3-15(17(16)11-22-19)13-5-6-18-14(9-13)10-21-12-20(24-18)7-2-8-20/h1,3-6,9,21H,2,7-8,10-12H2,(H,22,23). The molecule has 24 heavy (non-hydrogen) atoms. The van der Waals surface area contributed by atoms with Gasteiger partial charge in [0.05, 0.1) is 0 Å². The van der Waals surface area contributed by atoms with Crippen LogP contribution in [-0.4, -0.2) is 18.1 Å². The third-order valence-corrected chi connectivity index (χ3v) is 5.57. The summed E-state index contributed by atoms with van der Waals surface area (Å²) >= 11 is 0. The van der Waals surface area contributed by atoms with Gasteiger partial charge in [0, 0.05) is 30.8 Å². The van der Waals surface area contributed by atoms with Gasteiger partial charge >= 0.3 is 0 Å². The second-order valence-corrected chi connectivity index (χ2v) is 7.08. The van der Waals surface area contributed by atoms with E-state index in [1.165, 1.54) is 12.0 Å². The Morgan fingerprint density at radius 1 is 1.04 bits per heavy atom. The number of amides is 1. The summed E-state index contributed by atoms with van der Waals surface area (Å²) in [7, 11) is 0. The average molecular weight is 320 g/mol. The van der Waals surface area contributed by atoms with Gasteiger partial charge in [-0.05, 0) is 54.2 Å². The second kappa shape index (κ2) is 5.08. The van der Waals surface area contributed by atoms with Crippen LogP contribution in [0, 0.1) is 0 Å². The third-order valence-electron chi connectivity index (χ3n) is 5.57. The lowest BCUT2D eigenvalue weighted by Gasteiger charge is -2.41. The van der Waals surface area contributed by atoms with Gasteiger partial charge in [0.2, 0.25) is 0 Å². The smallest absolute Gasteiger partial charge is 0.251 e. The van der Waals surface area contributed by atoms with Crippen LogP contribution >= 0.6 is 0 Å². The Morgan fingerprint density at radius 2 is 1.92 bits per heavy atom. The van der Waals surface area contributed by atoms with E-state index in [1.54, 1.807) is 0 Å². The van der Waals surface area contributed by atoms with Crippen molar-refractivity contribution in [3.8, 4) is 16.9 Å². The zero-order chi connectivity index (χ0) is 16.1. The molecule has 2 aromatic rings. The first-order chi connectivity index (χ1) is 11.7. The predicted molar refractivity (Wildman–Crippen MR) is 92.0 cm³/mol. The summed E-state index contributed by atoms with van der Waals surface area (Å²) < 4.78 is 6.35. The van der Waals surface area contributed by atoms with Crippen LogP contribution in [0.15, 0.2) is 36.4 Å². The number of ether oxygens (including phenoxy) is 1. The Morgan fingerprint density at radius 3 is 2.75 bits per heavy atom. The molecule has 1 saturated carbocycles. The van der Waals surface area contributed by atoms with Gasteiger partial charge in [0.1, 0.15) is 11.4 Å². The molecule has 4 heteroatoms. The fraction of sp³-hybridized carbons (Fsp3) is 0.350. The van der Waals surface area contributed by atoms with Crippen molar-refractivity contribution in [3.63, 3.8) is 0 Å². The van der Waals surface area contributed by atoms with Gasteiger partial charge < -0.3 is 15.4 Å². The van der Waals surface area contributed by atoms with Crippen LogP contribution < -0.4 is 15.4 Å². The molecule has 0 bridgehead atoms. The molecule has 0 atom stereocenters. The molecule has 122 valence electrons. The summed E-state index contributed by atoms with van der Waals surface area (Å²) in [6, 6.07) is 12.4. The quantitative estimate of drug-likeness (QED) is 0.849. The fourth-order valence-electron chi connectivity index (χ4n) is 4.05. The maximum atomic E-state index is 11.9. The molecule has 4 nitrogen and oxygen atoms in total. The molecule has 2 heterocycles. The number of carbonyl (C=O) groups excluding carboxylic acids is 1. The Hall–Kier alpha value is -2.33. The molecule has 0 radical (unpaired) electrons. The highest BCUT2D eigenvalue weighted by molar-refractivity contribution is 6.00. The van der Waals surface area contributed by atoms with E-state index >= 15 is 0 Å². The van der Waals surface area contributed by atoms with Crippen LogP contribution in [0.3, 0.4) is 0 Å². The van der Waals surface area contributed by atoms with Crippen molar-refractivity contribution in [2.24, 2.45) is 0 Å². The number of hydrogen-bond donors (Lipinski definition) is 2. The number of fused-ring (bicyclic) bond motifs is 2. The SMILES string of the molecule is O=C1NCc2c1cccc2-c1ccc2c(c1)CNCC1(CCC1)O2. The molecule has 3 aliphatic rings. The molecule has 0 unspecified atom stereocenters. The van der Waals surface area contributed by atoms with Crippen LogP contribution in [0.25, 0.3) is 11.1 Å². The lowest BCUT2D eigenvalue weighted by atomic mass is 9.80. The van der Waals surface area contributed by atoms with Crippen molar-refractivity contribution in [2.75, 3.05) is 6.54 Å². The molecule has 1 spiro atoms. The van der Waals surface area contributed by atoms with Gasteiger partial charge in [-0.3, -0.25) is 4.79 Å². The summed E-state index contributed by atoms with van der Waals surface area (Å²) in [6.45, 7) is 2.37. The number of benzene rings is 2. The summed E-state index contributed by atoms with van der Waals surface area (Å²) in [5.74, 6) is 1.03. The minimum absolute atomic E-state index is 0.0110. The average Bonchev–Trinajstić information content (AvgIpc) is 2.83. The minimum Gasteiger partial charge on any atom is -0.486 e. The number of rotatable bonds is 1. The maximum Gasteiger partial charge on any atom is 0.251 e. The van der Waals surface area contributed by atoms with E-state index in [1.807, 2.05) is 12.1 Å². The normalized spacial score (nSPS) is 20.4. The van der Waals surface area contributed by atoms with E-state index < -0.39 is 0 Å². The second-order valence-electron chi connectivity index (χ2n) is 7.08. The van der Waals surface area contributed by atoms with Crippen molar-refractivity contribution in [1.29, 1.82) is 0 Å². The highest BCUT2D eigenvalue weighted by Crippen LogP contribution is 2.40. The van der Waals surface area contributed by atoms with Gasteiger partial charge in [-0.25, -0.2) is 0 Å². The van der Waals surface area contributed by atoms with Crippen LogP contribution in [0.5, 0.6) is 5.75 Å². The molecular formula is C20H20N2O2. The lowest BCUT2D eigenvalue weighted by Crippen LogP contribution is -2.49. The number of hydrogen-bond acceptors (Lipinski definition) is 3. The van der Waals surface area contributed by atoms with E-state index in [0.717, 1.165) is 53.9 Å². The van der Waals surface area contributed by atoms with Gasteiger partial charge in [0.15, 0.2) is 0 Å². The fourth-order valence-corrected chi connectivity index (χ4v) is 4.05. The van der Waals surface area contributed by atoms with Crippen molar-refractivity contribution in [3.05, 3.63) is 53.1 Å². The Balaban J connectivity index is 1.55. The third kappa shape index (κ3) is 2.06. The number of nitrogens with one attached hydrogen (secondary N) is 2. The molecule has 2 aromatic carbocycles. The molecule has 0 saturated heterocycles. The minimum atomic E-state index is 0.0110. The van der Waals surface area contributed by atoms with E-state index in [9.17, 15) is 4.79 Å². The van der Waals surface area contributed by atoms with Crippen molar-refractivity contribution >= 4 is 5.91 Å². The van der Waals surface area contributed by atoms with Gasteiger partial charge in [0.25, 0.3) is 5.91 Å². The van der Waals surface area contributed by atoms with Gasteiger partial charge in [-0.1, -0.05) is 18.2 Å². The highest BCUT2D eigenvalue weighted by Gasteiger charge is 2.40. The Labute approximate surface area is 141 Å². The van der Waals surface area contributed by atoms with E-state index in [0.29, 0.717) is 6.54 Å². The van der Waals surface area contributed by atoms with Crippen molar-refractivity contribution in [2.45, 2.75) is 38.0 Å². The lowest BCUT2D eigenvalue weighted by molar-refractivity contribution is -0.00147. The first kappa shape index (κ1) is 14.1. The number of carbonyl (C=O) groups is 1. The highest BCUT2D eigenvalue weighted by atomic mass is 16.5. The van der Waals surface area contributed by atoms with Gasteiger partial charge in [-0.15, -0.1) is 0 Å². The Bertz CT molecular complexity index is 840. The van der Waals surface area contributed by atoms with Crippen LogP contribution in [-0.2, 0) is 13.1 Å².